The Morgan fingerprint density at radius 1 is 1.24 bits per heavy atom. The Hall–Kier alpha value is -2.65. The van der Waals surface area contributed by atoms with E-state index in [1.54, 1.807) is 6.07 Å². The monoisotopic (exact) mass is 350 g/mol. The van der Waals surface area contributed by atoms with Crippen molar-refractivity contribution in [3.05, 3.63) is 30.4 Å². The Morgan fingerprint density at radius 3 is 2.64 bits per heavy atom. The molecular weight excluding hydrogens is 336 g/mol. The van der Waals surface area contributed by atoms with Gasteiger partial charge in [0.15, 0.2) is 5.13 Å². The number of aromatic nitrogens is 1. The molecule has 0 N–H and O–H groups in total. The minimum Gasteiger partial charge on any atom is -0.481 e. The number of fused-ring (bicyclic) bond motifs is 6. The smallest absolute Gasteiger partial charge is 0.240 e. The molecule has 2 fully saturated rings. The maximum atomic E-state index is 12.9. The number of carbonyl (C=O) groups is 2. The highest BCUT2D eigenvalue weighted by atomic mass is 32.1. The Balaban J connectivity index is 1.50. The zero-order chi connectivity index (χ0) is 17.1. The first kappa shape index (κ1) is 14.7. The number of hydrogen-bond donors (Lipinski definition) is 0. The van der Waals surface area contributed by atoms with Crippen LogP contribution >= 0.6 is 11.3 Å². The van der Waals surface area contributed by atoms with E-state index in [0.29, 0.717) is 10.9 Å². The fourth-order valence-electron chi connectivity index (χ4n) is 4.29. The zero-order valence-corrected chi connectivity index (χ0v) is 14.0. The standard InChI is InChI=1S/C19H14N2O3S/c1-2-7-24-12-5-6-13-14(9-12)25-19(20-13)21-17(22)15-10-3-4-11(8-10)16(15)18(21)23/h1,3-6,9-11,15-16H,7-8H2/t10?,11?,15-,16+. The molecule has 1 saturated carbocycles. The molecule has 1 saturated heterocycles. The number of hydrogen-bond acceptors (Lipinski definition) is 5. The quantitative estimate of drug-likeness (QED) is 0.485. The third-order valence-electron chi connectivity index (χ3n) is 5.33. The lowest BCUT2D eigenvalue weighted by molar-refractivity contribution is -0.123. The van der Waals surface area contributed by atoms with Crippen molar-refractivity contribution in [3.63, 3.8) is 0 Å². The van der Waals surface area contributed by atoms with Crippen LogP contribution in [-0.2, 0) is 9.59 Å². The molecule has 0 radical (unpaired) electrons. The van der Waals surface area contributed by atoms with Crippen LogP contribution in [0, 0.1) is 36.0 Å². The SMILES string of the molecule is C#CCOc1ccc2nc(N3C(=O)[C@@H]4C5C=CC(C5)[C@@H]4C3=O)sc2c1. The molecule has 2 heterocycles. The first-order chi connectivity index (χ1) is 12.2. The van der Waals surface area contributed by atoms with E-state index in [-0.39, 0.29) is 42.1 Å². The van der Waals surface area contributed by atoms with Crippen LogP contribution in [0.5, 0.6) is 5.75 Å². The number of benzene rings is 1. The number of anilines is 1. The molecule has 2 unspecified atom stereocenters. The number of allylic oxidation sites excluding steroid dienone is 2. The molecule has 6 heteroatoms. The first-order valence-corrected chi connectivity index (χ1v) is 9.02. The van der Waals surface area contributed by atoms with E-state index in [0.717, 1.165) is 16.6 Å². The van der Waals surface area contributed by atoms with Gasteiger partial charge in [-0.1, -0.05) is 29.4 Å². The van der Waals surface area contributed by atoms with E-state index in [1.165, 1.54) is 16.2 Å². The van der Waals surface area contributed by atoms with Crippen molar-refractivity contribution < 1.29 is 14.3 Å². The third kappa shape index (κ3) is 1.99. The van der Waals surface area contributed by atoms with Gasteiger partial charge in [-0.2, -0.15) is 0 Å². The number of ether oxygens (including phenoxy) is 1. The molecule has 2 aromatic rings. The zero-order valence-electron chi connectivity index (χ0n) is 13.2. The summed E-state index contributed by atoms with van der Waals surface area (Å²) >= 11 is 1.33. The molecule has 1 aromatic carbocycles. The van der Waals surface area contributed by atoms with E-state index in [9.17, 15) is 9.59 Å². The van der Waals surface area contributed by atoms with Crippen LogP contribution in [0.15, 0.2) is 30.4 Å². The normalized spacial score (nSPS) is 29.5. The second-order valence-corrected chi connectivity index (χ2v) is 7.64. The van der Waals surface area contributed by atoms with Crippen LogP contribution in [-0.4, -0.2) is 23.4 Å². The fourth-order valence-corrected chi connectivity index (χ4v) is 5.30. The van der Waals surface area contributed by atoms with Crippen molar-refractivity contribution in [2.45, 2.75) is 6.42 Å². The third-order valence-corrected chi connectivity index (χ3v) is 6.34. The second-order valence-electron chi connectivity index (χ2n) is 6.63. The van der Waals surface area contributed by atoms with Gasteiger partial charge in [-0.05, 0) is 36.5 Å². The molecule has 5 rings (SSSR count). The van der Waals surface area contributed by atoms with Crippen molar-refractivity contribution >= 4 is 38.5 Å². The van der Waals surface area contributed by atoms with E-state index >= 15 is 0 Å². The Bertz CT molecular complexity index is 956. The minimum absolute atomic E-state index is 0.102. The van der Waals surface area contributed by atoms with Crippen molar-refractivity contribution in [1.82, 2.24) is 4.98 Å². The summed E-state index contributed by atoms with van der Waals surface area (Å²) in [6.45, 7) is 0.194. The second kappa shape index (κ2) is 5.17. The van der Waals surface area contributed by atoms with Crippen LogP contribution in [0.3, 0.4) is 0 Å². The predicted octanol–water partition coefficient (Wildman–Crippen LogP) is 2.62. The van der Waals surface area contributed by atoms with Crippen LogP contribution in [0.4, 0.5) is 5.13 Å². The van der Waals surface area contributed by atoms with E-state index in [2.05, 4.69) is 23.1 Å². The fraction of sp³-hybridized carbons (Fsp3) is 0.316. The molecule has 2 bridgehead atoms. The maximum Gasteiger partial charge on any atom is 0.240 e. The number of carbonyl (C=O) groups excluding carboxylic acids is 2. The van der Waals surface area contributed by atoms with Crippen molar-refractivity contribution in [2.24, 2.45) is 23.7 Å². The maximum absolute atomic E-state index is 12.9. The van der Waals surface area contributed by atoms with Gasteiger partial charge in [0, 0.05) is 0 Å². The highest BCUT2D eigenvalue weighted by Crippen LogP contribution is 2.53. The molecule has 124 valence electrons. The minimum atomic E-state index is -0.205. The van der Waals surface area contributed by atoms with E-state index < -0.39 is 0 Å². The summed E-state index contributed by atoms with van der Waals surface area (Å²) in [5.41, 5.74) is 0.742. The molecule has 0 spiro atoms. The molecule has 4 atom stereocenters. The molecule has 1 aliphatic heterocycles. The molecular formula is C19H14N2O3S. The number of nitrogens with zero attached hydrogens (tertiary/aromatic N) is 2. The van der Waals surface area contributed by atoms with Crippen LogP contribution in [0.2, 0.25) is 0 Å². The highest BCUT2D eigenvalue weighted by molar-refractivity contribution is 7.22. The van der Waals surface area contributed by atoms with Crippen LogP contribution < -0.4 is 9.64 Å². The summed E-state index contributed by atoms with van der Waals surface area (Å²) in [4.78, 5) is 31.5. The number of rotatable bonds is 3. The molecule has 5 nitrogen and oxygen atoms in total. The number of imide groups is 1. The Kier molecular flexibility index (Phi) is 3.03. The topological polar surface area (TPSA) is 59.5 Å². The lowest BCUT2D eigenvalue weighted by atomic mass is 9.85. The predicted molar refractivity (Wildman–Crippen MR) is 94.2 cm³/mol. The Labute approximate surface area is 148 Å². The lowest BCUT2D eigenvalue weighted by Crippen LogP contribution is -2.32. The van der Waals surface area contributed by atoms with Gasteiger partial charge in [0.05, 0.1) is 22.1 Å². The first-order valence-electron chi connectivity index (χ1n) is 8.20. The number of amides is 2. The van der Waals surface area contributed by atoms with Gasteiger partial charge in [0.2, 0.25) is 11.8 Å². The van der Waals surface area contributed by atoms with Gasteiger partial charge in [-0.3, -0.25) is 9.59 Å². The molecule has 2 amide bonds. The van der Waals surface area contributed by atoms with E-state index in [4.69, 9.17) is 11.2 Å². The van der Waals surface area contributed by atoms with Gasteiger partial charge >= 0.3 is 0 Å². The van der Waals surface area contributed by atoms with Gasteiger partial charge in [0.25, 0.3) is 0 Å². The molecule has 25 heavy (non-hydrogen) atoms. The summed E-state index contributed by atoms with van der Waals surface area (Å²) in [7, 11) is 0. The molecule has 1 aromatic heterocycles. The Morgan fingerprint density at radius 2 is 1.96 bits per heavy atom. The summed E-state index contributed by atoms with van der Waals surface area (Å²) in [6.07, 6.45) is 10.3. The van der Waals surface area contributed by atoms with E-state index in [1.807, 2.05) is 12.1 Å². The number of thiazole rings is 1. The largest absolute Gasteiger partial charge is 0.481 e. The summed E-state index contributed by atoms with van der Waals surface area (Å²) in [6, 6.07) is 5.44. The van der Waals surface area contributed by atoms with Gasteiger partial charge in [-0.25, -0.2) is 9.88 Å². The molecule has 3 aliphatic rings. The highest BCUT2D eigenvalue weighted by Gasteiger charge is 2.60. The van der Waals surface area contributed by atoms with Crippen molar-refractivity contribution in [2.75, 3.05) is 11.5 Å². The average Bonchev–Trinajstić information content (AvgIpc) is 3.35. The average molecular weight is 350 g/mol. The van der Waals surface area contributed by atoms with Crippen LogP contribution in [0.25, 0.3) is 10.2 Å². The lowest BCUT2D eigenvalue weighted by Gasteiger charge is -2.14. The summed E-state index contributed by atoms with van der Waals surface area (Å²) < 4.78 is 6.29. The van der Waals surface area contributed by atoms with Gasteiger partial charge in [-0.15, -0.1) is 6.42 Å². The summed E-state index contributed by atoms with van der Waals surface area (Å²) in [5, 5.41) is 0.452. The number of terminal acetylenes is 1. The van der Waals surface area contributed by atoms with Gasteiger partial charge < -0.3 is 4.74 Å². The van der Waals surface area contributed by atoms with Crippen molar-refractivity contribution in [1.29, 1.82) is 0 Å². The molecule has 2 aliphatic carbocycles. The summed E-state index contributed by atoms with van der Waals surface area (Å²) in [5.74, 6) is 2.87. The van der Waals surface area contributed by atoms with Gasteiger partial charge in [0.1, 0.15) is 12.4 Å². The van der Waals surface area contributed by atoms with Crippen molar-refractivity contribution in [3.8, 4) is 18.1 Å². The van der Waals surface area contributed by atoms with Crippen LogP contribution in [0.1, 0.15) is 6.42 Å².